The zero-order valence-electron chi connectivity index (χ0n) is 5.49. The van der Waals surface area contributed by atoms with E-state index in [0.717, 1.165) is 0 Å². The minimum atomic E-state index is -3.16. The van der Waals surface area contributed by atoms with Crippen LogP contribution >= 0.6 is 21.2 Å². The highest BCUT2D eigenvalue weighted by Gasteiger charge is 2.00. The summed E-state index contributed by atoms with van der Waals surface area (Å²) in [4.78, 5) is 0. The molecule has 0 saturated heterocycles. The molecule has 11 heavy (non-hydrogen) atoms. The van der Waals surface area contributed by atoms with Crippen LogP contribution in [0.5, 0.6) is 0 Å². The minimum Gasteiger partial charge on any atom is -0.276 e. The Balaban J connectivity index is 2.82. The van der Waals surface area contributed by atoms with Gasteiger partial charge in [-0.3, -0.25) is 4.72 Å². The predicted octanol–water partition coefficient (Wildman–Crippen LogP) is 1.78. The van der Waals surface area contributed by atoms with Crippen LogP contribution in [0.25, 0.3) is 0 Å². The van der Waals surface area contributed by atoms with E-state index in [1.807, 2.05) is 6.07 Å². The van der Waals surface area contributed by atoms with E-state index in [-0.39, 0.29) is 0 Å². The summed E-state index contributed by atoms with van der Waals surface area (Å²) in [6.07, 6.45) is 0. The summed E-state index contributed by atoms with van der Waals surface area (Å²) in [6, 6.07) is 8.74. The molecule has 0 bridgehead atoms. The largest absolute Gasteiger partial charge is 0.286 e. The fourth-order valence-electron chi connectivity index (χ4n) is 0.647. The van der Waals surface area contributed by atoms with Crippen LogP contribution in [-0.4, -0.2) is 8.42 Å². The molecule has 1 N–H and O–H groups in total. The number of hydrogen-bond acceptors (Lipinski definition) is 2. The number of benzene rings is 1. The van der Waals surface area contributed by atoms with E-state index in [2.05, 4.69) is 4.72 Å². The molecule has 0 aliphatic rings. The third kappa shape index (κ3) is 3.57. The number of halogens is 1. The van der Waals surface area contributed by atoms with E-state index in [1.54, 1.807) is 24.3 Å². The zero-order chi connectivity index (χ0) is 8.32. The van der Waals surface area contributed by atoms with Crippen LogP contribution in [0, 0.1) is 0 Å². The summed E-state index contributed by atoms with van der Waals surface area (Å²) in [5, 5.41) is 0. The Bertz CT molecular complexity index is 322. The molecule has 0 saturated carbocycles. The van der Waals surface area contributed by atoms with Gasteiger partial charge in [0.15, 0.2) is 0 Å². The maximum atomic E-state index is 10.7. The highest BCUT2D eigenvalue weighted by atomic mass is 127. The van der Waals surface area contributed by atoms with Crippen molar-refractivity contribution in [2.75, 3.05) is 4.72 Å². The van der Waals surface area contributed by atoms with Gasteiger partial charge in [0.1, 0.15) is 0 Å². The van der Waals surface area contributed by atoms with Crippen molar-refractivity contribution in [3.05, 3.63) is 30.3 Å². The first-order chi connectivity index (χ1) is 5.08. The number of nitrogens with one attached hydrogen (secondary N) is 1. The van der Waals surface area contributed by atoms with Crippen molar-refractivity contribution < 1.29 is 8.42 Å². The quantitative estimate of drug-likeness (QED) is 0.664. The number of anilines is 1. The lowest BCUT2D eigenvalue weighted by Gasteiger charge is -1.99. The molecule has 0 aliphatic carbocycles. The Kier molecular flexibility index (Phi) is 2.72. The number of hydrogen-bond donors (Lipinski definition) is 1. The van der Waals surface area contributed by atoms with Gasteiger partial charge >= 0.3 is 0 Å². The van der Waals surface area contributed by atoms with Gasteiger partial charge in [-0.2, -0.15) is 8.42 Å². The van der Waals surface area contributed by atoms with Crippen molar-refractivity contribution in [1.29, 1.82) is 0 Å². The van der Waals surface area contributed by atoms with Crippen molar-refractivity contribution in [2.45, 2.75) is 0 Å². The maximum Gasteiger partial charge on any atom is 0.286 e. The van der Waals surface area contributed by atoms with E-state index in [0.29, 0.717) is 5.69 Å². The molecule has 5 heteroatoms. The molecule has 0 aliphatic heterocycles. The molecule has 0 atom stereocenters. The second-order valence-corrected chi connectivity index (χ2v) is 6.46. The Morgan fingerprint density at radius 1 is 1.18 bits per heavy atom. The van der Waals surface area contributed by atoms with Crippen LogP contribution in [0.3, 0.4) is 0 Å². The smallest absolute Gasteiger partial charge is 0.276 e. The summed E-state index contributed by atoms with van der Waals surface area (Å²) in [7, 11) is -3.16. The first kappa shape index (κ1) is 8.79. The first-order valence-electron chi connectivity index (χ1n) is 2.85. The van der Waals surface area contributed by atoms with Crippen molar-refractivity contribution in [3.63, 3.8) is 0 Å². The number of rotatable bonds is 2. The summed E-state index contributed by atoms with van der Waals surface area (Å²) in [5.74, 6) is 0. The van der Waals surface area contributed by atoms with Crippen molar-refractivity contribution >= 4 is 34.1 Å². The van der Waals surface area contributed by atoms with Crippen LogP contribution in [0.2, 0.25) is 0 Å². The molecule has 60 valence electrons. The molecule has 0 radical (unpaired) electrons. The van der Waals surface area contributed by atoms with Gasteiger partial charge in [0, 0.05) is 5.69 Å². The highest BCUT2D eigenvalue weighted by Crippen LogP contribution is 2.10. The van der Waals surface area contributed by atoms with Crippen molar-refractivity contribution in [2.24, 2.45) is 0 Å². The molecule has 0 heterocycles. The summed E-state index contributed by atoms with van der Waals surface area (Å²) in [6.45, 7) is 0. The minimum absolute atomic E-state index is 0.585. The summed E-state index contributed by atoms with van der Waals surface area (Å²) < 4.78 is 23.7. The van der Waals surface area contributed by atoms with E-state index in [1.165, 1.54) is 21.2 Å². The lowest BCUT2D eigenvalue weighted by atomic mass is 10.3. The van der Waals surface area contributed by atoms with Crippen LogP contribution < -0.4 is 4.72 Å². The van der Waals surface area contributed by atoms with Crippen molar-refractivity contribution in [3.8, 4) is 0 Å². The lowest BCUT2D eigenvalue weighted by molar-refractivity contribution is 0.617. The standard InChI is InChI=1S/C6H6INO2S/c7-11(9,10)8-6-4-2-1-3-5-6/h1-5,8H. The van der Waals surface area contributed by atoms with E-state index >= 15 is 0 Å². The second kappa shape index (κ2) is 3.40. The third-order valence-electron chi connectivity index (χ3n) is 1.01. The van der Waals surface area contributed by atoms with Crippen LogP contribution in [-0.2, 0) is 7.19 Å². The topological polar surface area (TPSA) is 46.2 Å². The predicted molar refractivity (Wildman–Crippen MR) is 53.0 cm³/mol. The maximum absolute atomic E-state index is 10.7. The molecule has 3 nitrogen and oxygen atoms in total. The molecule has 0 fully saturated rings. The van der Waals surface area contributed by atoms with Gasteiger partial charge < -0.3 is 0 Å². The van der Waals surface area contributed by atoms with Crippen LogP contribution in [0.15, 0.2) is 30.3 Å². The summed E-state index contributed by atoms with van der Waals surface area (Å²) in [5.41, 5.74) is 0.585. The number of para-hydroxylation sites is 1. The SMILES string of the molecule is O=S(=O)(I)Nc1ccccc1. The van der Waals surface area contributed by atoms with Crippen LogP contribution in [0.1, 0.15) is 0 Å². The molecule has 0 unspecified atom stereocenters. The van der Waals surface area contributed by atoms with Crippen molar-refractivity contribution in [1.82, 2.24) is 0 Å². The van der Waals surface area contributed by atoms with E-state index in [4.69, 9.17) is 0 Å². The molecular formula is C6H6INO2S. The van der Waals surface area contributed by atoms with Gasteiger partial charge in [0.25, 0.3) is 7.19 Å². The molecule has 0 spiro atoms. The average Bonchev–Trinajstić information content (AvgIpc) is 1.85. The Labute approximate surface area is 77.5 Å². The highest BCUT2D eigenvalue weighted by molar-refractivity contribution is 14.2. The van der Waals surface area contributed by atoms with Gasteiger partial charge in [0.2, 0.25) is 0 Å². The Morgan fingerprint density at radius 2 is 1.73 bits per heavy atom. The fourth-order valence-corrected chi connectivity index (χ4v) is 1.83. The second-order valence-electron chi connectivity index (χ2n) is 1.91. The normalized spacial score (nSPS) is 11.0. The van der Waals surface area contributed by atoms with Gasteiger partial charge in [0.05, 0.1) is 21.2 Å². The molecule has 1 aromatic rings. The zero-order valence-corrected chi connectivity index (χ0v) is 8.46. The van der Waals surface area contributed by atoms with Gasteiger partial charge in [-0.05, 0) is 12.1 Å². The molecular weight excluding hydrogens is 277 g/mol. The Hall–Kier alpha value is -0.300. The fraction of sp³-hybridized carbons (Fsp3) is 0. The van der Waals surface area contributed by atoms with Gasteiger partial charge in [-0.1, -0.05) is 18.2 Å². The molecule has 0 amide bonds. The van der Waals surface area contributed by atoms with E-state index in [9.17, 15) is 8.42 Å². The van der Waals surface area contributed by atoms with Gasteiger partial charge in [-0.25, -0.2) is 0 Å². The van der Waals surface area contributed by atoms with Crippen LogP contribution in [0.4, 0.5) is 5.69 Å². The first-order valence-corrected chi connectivity index (χ1v) is 6.88. The molecule has 0 aromatic heterocycles. The van der Waals surface area contributed by atoms with Gasteiger partial charge in [-0.15, -0.1) is 0 Å². The average molecular weight is 283 g/mol. The van der Waals surface area contributed by atoms with E-state index < -0.39 is 7.19 Å². The lowest BCUT2D eigenvalue weighted by Crippen LogP contribution is -2.02. The molecule has 1 aromatic carbocycles. The third-order valence-corrected chi connectivity index (χ3v) is 2.15. The Morgan fingerprint density at radius 3 is 2.18 bits per heavy atom. The monoisotopic (exact) mass is 283 g/mol. The molecule has 1 rings (SSSR count). The summed E-state index contributed by atoms with van der Waals surface area (Å²) >= 11 is 1.34.